The summed E-state index contributed by atoms with van der Waals surface area (Å²) >= 11 is 0. The molecule has 27 heavy (non-hydrogen) atoms. The molecule has 1 heterocycles. The van der Waals surface area contributed by atoms with E-state index in [0.29, 0.717) is 27.4 Å². The lowest BCUT2D eigenvalue weighted by Crippen LogP contribution is -2.12. The number of nitrogens with zero attached hydrogens (tertiary/aromatic N) is 1. The second kappa shape index (κ2) is 6.03. The zero-order chi connectivity index (χ0) is 19.1. The highest BCUT2D eigenvalue weighted by Gasteiger charge is 2.15. The molecule has 0 saturated carbocycles. The monoisotopic (exact) mass is 362 g/mol. The molecule has 0 bridgehead atoms. The standard InChI is InChI=1S/C19H14N4O4/c20-18(26)11-5-9-3-1-2-4-10(9)12(17(11)25)8-21-15-6-13-14(7-16(15)24)23-19(27)22-13/h1-8,24-25H,(H2,20,26)(H2,22,23,27). The van der Waals surface area contributed by atoms with E-state index in [4.69, 9.17) is 5.73 Å². The first-order valence-electron chi connectivity index (χ1n) is 7.97. The molecule has 0 spiro atoms. The third-order valence-corrected chi connectivity index (χ3v) is 4.27. The van der Waals surface area contributed by atoms with E-state index < -0.39 is 11.6 Å². The van der Waals surface area contributed by atoms with E-state index in [9.17, 15) is 19.8 Å². The number of benzene rings is 3. The van der Waals surface area contributed by atoms with Crippen LogP contribution in [0.15, 0.2) is 52.3 Å². The summed E-state index contributed by atoms with van der Waals surface area (Å²) in [6, 6.07) is 11.5. The summed E-state index contributed by atoms with van der Waals surface area (Å²) < 4.78 is 0. The van der Waals surface area contributed by atoms with Crippen molar-refractivity contribution in [1.82, 2.24) is 9.97 Å². The van der Waals surface area contributed by atoms with Gasteiger partial charge in [0.15, 0.2) is 0 Å². The number of rotatable bonds is 3. The Labute approximate surface area is 151 Å². The molecule has 8 heteroatoms. The number of aromatic hydroxyl groups is 2. The van der Waals surface area contributed by atoms with Crippen molar-refractivity contribution in [3.8, 4) is 11.5 Å². The average Bonchev–Trinajstić information content (AvgIpc) is 2.99. The molecule has 4 rings (SSSR count). The summed E-state index contributed by atoms with van der Waals surface area (Å²) in [6.07, 6.45) is 1.34. The molecule has 4 aromatic rings. The smallest absolute Gasteiger partial charge is 0.323 e. The maximum atomic E-state index is 11.6. The van der Waals surface area contributed by atoms with Crippen LogP contribution in [0.25, 0.3) is 21.8 Å². The number of aromatic nitrogens is 2. The highest BCUT2D eigenvalue weighted by Crippen LogP contribution is 2.33. The first-order chi connectivity index (χ1) is 12.9. The molecule has 0 unspecified atom stereocenters. The maximum Gasteiger partial charge on any atom is 0.323 e. The first-order valence-corrected chi connectivity index (χ1v) is 7.97. The number of carbonyl (C=O) groups is 1. The molecule has 1 aromatic heterocycles. The van der Waals surface area contributed by atoms with Crippen LogP contribution in [0, 0.1) is 0 Å². The minimum Gasteiger partial charge on any atom is -0.506 e. The number of aromatic amines is 2. The number of nitrogens with one attached hydrogen (secondary N) is 2. The van der Waals surface area contributed by atoms with E-state index in [0.717, 1.165) is 0 Å². The number of imidazole rings is 1. The number of hydrogen-bond acceptors (Lipinski definition) is 5. The van der Waals surface area contributed by atoms with Crippen LogP contribution in [0.1, 0.15) is 15.9 Å². The molecule has 8 nitrogen and oxygen atoms in total. The Bertz CT molecular complexity index is 1300. The summed E-state index contributed by atoms with van der Waals surface area (Å²) in [5, 5.41) is 22.0. The van der Waals surface area contributed by atoms with Gasteiger partial charge in [0, 0.05) is 17.8 Å². The number of hydrogen-bond donors (Lipinski definition) is 5. The van der Waals surface area contributed by atoms with Gasteiger partial charge in [0.05, 0.1) is 16.6 Å². The Balaban J connectivity index is 1.90. The van der Waals surface area contributed by atoms with Gasteiger partial charge in [-0.15, -0.1) is 0 Å². The van der Waals surface area contributed by atoms with Gasteiger partial charge in [-0.3, -0.25) is 9.79 Å². The molecule has 3 aromatic carbocycles. The van der Waals surface area contributed by atoms with Crippen molar-refractivity contribution in [2.45, 2.75) is 0 Å². The normalized spacial score (nSPS) is 11.6. The van der Waals surface area contributed by atoms with Gasteiger partial charge in [0.1, 0.15) is 17.2 Å². The van der Waals surface area contributed by atoms with Crippen LogP contribution < -0.4 is 11.4 Å². The Morgan fingerprint density at radius 1 is 1.07 bits per heavy atom. The van der Waals surface area contributed by atoms with Crippen molar-refractivity contribution in [2.24, 2.45) is 10.7 Å². The zero-order valence-electron chi connectivity index (χ0n) is 13.9. The van der Waals surface area contributed by atoms with E-state index in [1.807, 2.05) is 0 Å². The summed E-state index contributed by atoms with van der Waals surface area (Å²) in [4.78, 5) is 32.4. The number of carbonyl (C=O) groups excluding carboxylic acids is 1. The van der Waals surface area contributed by atoms with E-state index in [-0.39, 0.29) is 22.7 Å². The van der Waals surface area contributed by atoms with Crippen molar-refractivity contribution < 1.29 is 15.0 Å². The van der Waals surface area contributed by atoms with Gasteiger partial charge in [-0.25, -0.2) is 4.79 Å². The summed E-state index contributed by atoms with van der Waals surface area (Å²) in [6.45, 7) is 0. The average molecular weight is 362 g/mol. The van der Waals surface area contributed by atoms with Crippen LogP contribution in [0.4, 0.5) is 5.69 Å². The Hall–Kier alpha value is -4.07. The maximum absolute atomic E-state index is 11.6. The fraction of sp³-hybridized carbons (Fsp3) is 0. The van der Waals surface area contributed by atoms with E-state index in [1.165, 1.54) is 24.4 Å². The Kier molecular flexibility index (Phi) is 3.66. The third-order valence-electron chi connectivity index (χ3n) is 4.27. The van der Waals surface area contributed by atoms with Gasteiger partial charge in [-0.2, -0.15) is 0 Å². The highest BCUT2D eigenvalue weighted by atomic mass is 16.3. The van der Waals surface area contributed by atoms with E-state index in [1.54, 1.807) is 24.3 Å². The Morgan fingerprint density at radius 3 is 2.52 bits per heavy atom. The second-order valence-electron chi connectivity index (χ2n) is 6.00. The van der Waals surface area contributed by atoms with Crippen LogP contribution in [0.2, 0.25) is 0 Å². The van der Waals surface area contributed by atoms with Crippen LogP contribution in [0.5, 0.6) is 11.5 Å². The van der Waals surface area contributed by atoms with Crippen LogP contribution >= 0.6 is 0 Å². The molecule has 1 amide bonds. The lowest BCUT2D eigenvalue weighted by molar-refractivity contribution is 0.0998. The molecule has 0 atom stereocenters. The van der Waals surface area contributed by atoms with Crippen molar-refractivity contribution in [3.05, 3.63) is 64.1 Å². The molecule has 0 aliphatic heterocycles. The molecule has 134 valence electrons. The lowest BCUT2D eigenvalue weighted by Gasteiger charge is -2.09. The molecule has 0 aliphatic rings. The number of nitrogens with two attached hydrogens (primary N) is 1. The van der Waals surface area contributed by atoms with Crippen molar-refractivity contribution in [3.63, 3.8) is 0 Å². The van der Waals surface area contributed by atoms with Gasteiger partial charge >= 0.3 is 5.69 Å². The molecule has 0 radical (unpaired) electrons. The minimum absolute atomic E-state index is 0.0233. The van der Waals surface area contributed by atoms with Crippen molar-refractivity contribution in [2.75, 3.05) is 0 Å². The first kappa shape index (κ1) is 16.4. The molecule has 0 saturated heterocycles. The van der Waals surface area contributed by atoms with Crippen LogP contribution in [-0.4, -0.2) is 32.3 Å². The number of H-pyrrole nitrogens is 2. The highest BCUT2D eigenvalue weighted by molar-refractivity contribution is 6.09. The van der Waals surface area contributed by atoms with Crippen LogP contribution in [-0.2, 0) is 0 Å². The number of aliphatic imine (C=N–C) groups is 1. The van der Waals surface area contributed by atoms with Crippen LogP contribution in [0.3, 0.4) is 0 Å². The second-order valence-corrected chi connectivity index (χ2v) is 6.00. The van der Waals surface area contributed by atoms with Gasteiger partial charge in [0.25, 0.3) is 5.91 Å². The quantitative estimate of drug-likeness (QED) is 0.356. The third kappa shape index (κ3) is 2.78. The summed E-state index contributed by atoms with van der Waals surface area (Å²) in [5.74, 6) is -1.20. The minimum atomic E-state index is -0.762. The number of fused-ring (bicyclic) bond motifs is 2. The summed E-state index contributed by atoms with van der Waals surface area (Å²) in [7, 11) is 0. The predicted octanol–water partition coefficient (Wildman–Crippen LogP) is 2.27. The Morgan fingerprint density at radius 2 is 1.78 bits per heavy atom. The number of amides is 1. The molecular weight excluding hydrogens is 348 g/mol. The SMILES string of the molecule is NC(=O)c1cc2ccccc2c(C=Nc2cc3[nH]c(=O)[nH]c3cc2O)c1O. The molecular formula is C19H14N4O4. The zero-order valence-corrected chi connectivity index (χ0v) is 13.9. The number of phenolic OH excluding ortho intramolecular Hbond substituents is 1. The lowest BCUT2D eigenvalue weighted by atomic mass is 9.99. The molecule has 0 fully saturated rings. The predicted molar refractivity (Wildman–Crippen MR) is 102 cm³/mol. The molecule has 6 N–H and O–H groups in total. The van der Waals surface area contributed by atoms with E-state index in [2.05, 4.69) is 15.0 Å². The van der Waals surface area contributed by atoms with E-state index >= 15 is 0 Å². The number of primary amides is 1. The number of phenols is 2. The van der Waals surface area contributed by atoms with Gasteiger partial charge < -0.3 is 25.9 Å². The molecule has 0 aliphatic carbocycles. The van der Waals surface area contributed by atoms with Crippen molar-refractivity contribution >= 4 is 39.6 Å². The fourth-order valence-corrected chi connectivity index (χ4v) is 2.98. The van der Waals surface area contributed by atoms with Gasteiger partial charge in [-0.05, 0) is 22.9 Å². The van der Waals surface area contributed by atoms with Gasteiger partial charge in [0.2, 0.25) is 0 Å². The summed E-state index contributed by atoms with van der Waals surface area (Å²) in [5.41, 5.74) is 6.33. The van der Waals surface area contributed by atoms with Crippen molar-refractivity contribution in [1.29, 1.82) is 0 Å². The largest absolute Gasteiger partial charge is 0.506 e. The van der Waals surface area contributed by atoms with Gasteiger partial charge in [-0.1, -0.05) is 24.3 Å². The fourth-order valence-electron chi connectivity index (χ4n) is 2.98. The topological polar surface area (TPSA) is 145 Å².